The van der Waals surface area contributed by atoms with E-state index < -0.39 is 0 Å². The number of urea groups is 1. The van der Waals surface area contributed by atoms with Crippen LogP contribution in [0.2, 0.25) is 0 Å². The lowest BCUT2D eigenvalue weighted by Crippen LogP contribution is -2.30. The van der Waals surface area contributed by atoms with Crippen LogP contribution in [0.4, 0.5) is 16.2 Å². The maximum absolute atomic E-state index is 12.2. The molecule has 0 radical (unpaired) electrons. The lowest BCUT2D eigenvalue weighted by Gasteiger charge is -2.11. The van der Waals surface area contributed by atoms with Gasteiger partial charge in [-0.15, -0.1) is 0 Å². The summed E-state index contributed by atoms with van der Waals surface area (Å²) in [4.78, 5) is 28.2. The van der Waals surface area contributed by atoms with E-state index in [1.54, 1.807) is 42.6 Å². The summed E-state index contributed by atoms with van der Waals surface area (Å²) < 4.78 is 0. The fraction of sp³-hybridized carbons (Fsp3) is 0.350. The Morgan fingerprint density at radius 2 is 1.85 bits per heavy atom. The van der Waals surface area contributed by atoms with Crippen LogP contribution in [0, 0.1) is 0 Å². The number of carbonyl (C=O) groups is 2. The molecule has 0 unspecified atom stereocenters. The van der Waals surface area contributed by atoms with E-state index in [0.29, 0.717) is 23.5 Å². The van der Waals surface area contributed by atoms with Crippen LogP contribution in [0.1, 0.15) is 36.0 Å². The number of nitrogens with one attached hydrogen (secondary N) is 3. The zero-order chi connectivity index (χ0) is 18.9. The first-order valence-electron chi connectivity index (χ1n) is 9.18. The summed E-state index contributed by atoms with van der Waals surface area (Å²) in [7, 11) is 0. The zero-order valence-electron chi connectivity index (χ0n) is 15.1. The molecular weight excluding hydrogens is 360 g/mol. The number of nitrogens with zero attached hydrogens (tertiary/aromatic N) is 1. The monoisotopic (exact) mass is 384 g/mol. The summed E-state index contributed by atoms with van der Waals surface area (Å²) in [5.74, 6) is 0.688. The average molecular weight is 385 g/mol. The van der Waals surface area contributed by atoms with Crippen molar-refractivity contribution >= 4 is 35.1 Å². The number of aromatic nitrogens is 1. The summed E-state index contributed by atoms with van der Waals surface area (Å²) in [6.07, 6.45) is 8.39. The third-order valence-electron chi connectivity index (χ3n) is 4.35. The van der Waals surface area contributed by atoms with Gasteiger partial charge in [-0.3, -0.25) is 9.78 Å². The smallest absolute Gasteiger partial charge is 0.319 e. The molecule has 1 aromatic carbocycles. The van der Waals surface area contributed by atoms with E-state index in [2.05, 4.69) is 20.9 Å². The van der Waals surface area contributed by atoms with Crippen molar-refractivity contribution in [1.82, 2.24) is 10.3 Å². The number of anilines is 2. The minimum absolute atomic E-state index is 0.238. The minimum Gasteiger partial charge on any atom is -0.337 e. The van der Waals surface area contributed by atoms with Gasteiger partial charge in [0.15, 0.2) is 0 Å². The molecule has 142 valence electrons. The predicted octanol–water partition coefficient (Wildman–Crippen LogP) is 4.13. The molecule has 1 aromatic heterocycles. The highest BCUT2D eigenvalue weighted by Crippen LogP contribution is 2.28. The summed E-state index contributed by atoms with van der Waals surface area (Å²) in [5.41, 5.74) is 1.71. The molecule has 1 aliphatic carbocycles. The van der Waals surface area contributed by atoms with Gasteiger partial charge in [-0.25, -0.2) is 4.79 Å². The molecule has 6 nitrogen and oxygen atoms in total. The van der Waals surface area contributed by atoms with Crippen LogP contribution in [-0.2, 0) is 0 Å². The maximum atomic E-state index is 12.2. The van der Waals surface area contributed by atoms with Gasteiger partial charge in [0.05, 0.1) is 5.56 Å². The normalized spacial score (nSPS) is 13.9. The van der Waals surface area contributed by atoms with Crippen molar-refractivity contribution in [2.45, 2.75) is 30.9 Å². The molecule has 2 aromatic rings. The first-order valence-corrected chi connectivity index (χ1v) is 10.2. The number of carbonyl (C=O) groups excluding carboxylic acids is 2. The van der Waals surface area contributed by atoms with Crippen LogP contribution in [0.15, 0.2) is 48.8 Å². The minimum atomic E-state index is -0.242. The summed E-state index contributed by atoms with van der Waals surface area (Å²) in [6.45, 7) is 0.643. The predicted molar refractivity (Wildman–Crippen MR) is 110 cm³/mol. The van der Waals surface area contributed by atoms with Crippen molar-refractivity contribution in [3.8, 4) is 0 Å². The van der Waals surface area contributed by atoms with E-state index in [1.807, 2.05) is 11.8 Å². The number of hydrogen-bond donors (Lipinski definition) is 3. The number of rotatable bonds is 7. The zero-order valence-corrected chi connectivity index (χ0v) is 15.9. The van der Waals surface area contributed by atoms with E-state index in [9.17, 15) is 9.59 Å². The van der Waals surface area contributed by atoms with Crippen molar-refractivity contribution in [1.29, 1.82) is 0 Å². The van der Waals surface area contributed by atoms with Crippen molar-refractivity contribution in [3.05, 3.63) is 54.4 Å². The van der Waals surface area contributed by atoms with Gasteiger partial charge in [0.2, 0.25) is 0 Å². The highest BCUT2D eigenvalue weighted by atomic mass is 32.2. The fourth-order valence-electron chi connectivity index (χ4n) is 3.00. The van der Waals surface area contributed by atoms with Crippen molar-refractivity contribution in [2.75, 3.05) is 22.9 Å². The van der Waals surface area contributed by atoms with Gasteiger partial charge in [-0.1, -0.05) is 18.9 Å². The van der Waals surface area contributed by atoms with Crippen LogP contribution in [0.5, 0.6) is 0 Å². The second-order valence-electron chi connectivity index (χ2n) is 6.43. The SMILES string of the molecule is O=C(NCCSC1CCCC1)Nc1cccc(NC(=O)c2cccnc2)c1. The standard InChI is InChI=1S/C20H24N4O2S/c25-19(15-5-4-10-21-14-15)23-16-6-3-7-17(13-16)24-20(26)22-11-12-27-18-8-1-2-9-18/h3-7,10,13-14,18H,1-2,8-9,11-12H2,(H,23,25)(H2,22,24,26). The van der Waals surface area contributed by atoms with E-state index in [0.717, 1.165) is 11.0 Å². The molecule has 0 saturated heterocycles. The molecule has 1 aliphatic rings. The Bertz CT molecular complexity index is 764. The van der Waals surface area contributed by atoms with Gasteiger partial charge in [0.1, 0.15) is 0 Å². The Morgan fingerprint density at radius 3 is 2.59 bits per heavy atom. The van der Waals surface area contributed by atoms with Gasteiger partial charge in [-0.05, 0) is 43.2 Å². The molecular formula is C20H24N4O2S. The van der Waals surface area contributed by atoms with Gasteiger partial charge < -0.3 is 16.0 Å². The van der Waals surface area contributed by atoms with Crippen molar-refractivity contribution in [2.24, 2.45) is 0 Å². The second-order valence-corrected chi connectivity index (χ2v) is 7.84. The van der Waals surface area contributed by atoms with Crippen LogP contribution in [0.3, 0.4) is 0 Å². The summed E-state index contributed by atoms with van der Waals surface area (Å²) in [6, 6.07) is 10.2. The number of pyridine rings is 1. The summed E-state index contributed by atoms with van der Waals surface area (Å²) >= 11 is 1.94. The Kier molecular flexibility index (Phi) is 7.10. The Balaban J connectivity index is 1.44. The quantitative estimate of drug-likeness (QED) is 0.627. The van der Waals surface area contributed by atoms with E-state index in [-0.39, 0.29) is 11.9 Å². The topological polar surface area (TPSA) is 83.1 Å². The third kappa shape index (κ3) is 6.29. The van der Waals surface area contributed by atoms with Gasteiger partial charge in [-0.2, -0.15) is 11.8 Å². The van der Waals surface area contributed by atoms with Crippen molar-refractivity contribution < 1.29 is 9.59 Å². The van der Waals surface area contributed by atoms with Crippen LogP contribution in [-0.4, -0.2) is 34.5 Å². The molecule has 3 amide bonds. The lowest BCUT2D eigenvalue weighted by molar-refractivity contribution is 0.102. The van der Waals surface area contributed by atoms with Gasteiger partial charge >= 0.3 is 6.03 Å². The molecule has 0 spiro atoms. The van der Waals surface area contributed by atoms with E-state index >= 15 is 0 Å². The first kappa shape index (κ1) is 19.2. The van der Waals surface area contributed by atoms with Gasteiger partial charge in [0.25, 0.3) is 5.91 Å². The Hall–Kier alpha value is -2.54. The molecule has 1 heterocycles. The number of thioether (sulfide) groups is 1. The van der Waals surface area contributed by atoms with E-state index in [4.69, 9.17) is 0 Å². The molecule has 3 N–H and O–H groups in total. The average Bonchev–Trinajstić information content (AvgIpc) is 3.20. The number of amides is 3. The summed E-state index contributed by atoms with van der Waals surface area (Å²) in [5, 5.41) is 9.24. The number of benzene rings is 1. The molecule has 0 atom stereocenters. The van der Waals surface area contributed by atoms with Crippen LogP contribution in [0.25, 0.3) is 0 Å². The van der Waals surface area contributed by atoms with Gasteiger partial charge in [0, 0.05) is 41.3 Å². The fourth-order valence-corrected chi connectivity index (χ4v) is 4.22. The lowest BCUT2D eigenvalue weighted by atomic mass is 10.2. The largest absolute Gasteiger partial charge is 0.337 e. The Morgan fingerprint density at radius 1 is 1.07 bits per heavy atom. The number of hydrogen-bond acceptors (Lipinski definition) is 4. The highest BCUT2D eigenvalue weighted by molar-refractivity contribution is 7.99. The second kappa shape index (κ2) is 9.97. The Labute approximate surface area is 163 Å². The maximum Gasteiger partial charge on any atom is 0.319 e. The van der Waals surface area contributed by atoms with Crippen LogP contribution < -0.4 is 16.0 Å². The van der Waals surface area contributed by atoms with Crippen molar-refractivity contribution in [3.63, 3.8) is 0 Å². The molecule has 3 rings (SSSR count). The molecule has 7 heteroatoms. The van der Waals surface area contributed by atoms with Crippen LogP contribution >= 0.6 is 11.8 Å². The molecule has 1 fully saturated rings. The third-order valence-corrected chi connectivity index (χ3v) is 5.73. The molecule has 27 heavy (non-hydrogen) atoms. The first-order chi connectivity index (χ1) is 13.2. The molecule has 0 bridgehead atoms. The highest BCUT2D eigenvalue weighted by Gasteiger charge is 2.14. The van der Waals surface area contributed by atoms with E-state index in [1.165, 1.54) is 31.9 Å². The molecule has 1 saturated carbocycles. The molecule has 0 aliphatic heterocycles.